The van der Waals surface area contributed by atoms with Crippen molar-refractivity contribution in [2.24, 2.45) is 0 Å². The van der Waals surface area contributed by atoms with Gasteiger partial charge in [0.1, 0.15) is 0 Å². The van der Waals surface area contributed by atoms with Crippen molar-refractivity contribution in [3.05, 3.63) is 28.8 Å². The summed E-state index contributed by atoms with van der Waals surface area (Å²) >= 11 is 6.02. The van der Waals surface area contributed by atoms with Crippen LogP contribution in [0.5, 0.6) is 0 Å². The Morgan fingerprint density at radius 2 is 2.05 bits per heavy atom. The maximum Gasteiger partial charge on any atom is 0.241 e. The fourth-order valence-electron chi connectivity index (χ4n) is 1.68. The number of halogens is 1. The number of nitrogens with zero attached hydrogens (tertiary/aromatic N) is 2. The van der Waals surface area contributed by atoms with Gasteiger partial charge in [-0.05, 0) is 24.6 Å². The quantitative estimate of drug-likeness (QED) is 0.753. The van der Waals surface area contributed by atoms with Crippen molar-refractivity contribution in [1.82, 2.24) is 4.90 Å². The minimum Gasteiger partial charge on any atom is -0.362 e. The van der Waals surface area contributed by atoms with Gasteiger partial charge in [0.25, 0.3) is 0 Å². The second-order valence-corrected chi connectivity index (χ2v) is 4.94. The third-order valence-electron chi connectivity index (χ3n) is 2.79. The number of aldehydes is 1. The minimum atomic E-state index is 0.0315. The van der Waals surface area contributed by atoms with E-state index >= 15 is 0 Å². The fraction of sp³-hybridized carbons (Fsp3) is 0.429. The topological polar surface area (TPSA) is 40.6 Å². The van der Waals surface area contributed by atoms with Gasteiger partial charge < -0.3 is 9.80 Å². The van der Waals surface area contributed by atoms with E-state index in [0.29, 0.717) is 17.1 Å². The zero-order chi connectivity index (χ0) is 14.4. The van der Waals surface area contributed by atoms with Crippen molar-refractivity contribution in [3.8, 4) is 0 Å². The molecule has 0 radical (unpaired) electrons. The molecule has 1 rings (SSSR count). The molecule has 0 aliphatic carbocycles. The first-order valence-electron chi connectivity index (χ1n) is 6.19. The van der Waals surface area contributed by atoms with Crippen LogP contribution in [0.4, 0.5) is 5.69 Å². The van der Waals surface area contributed by atoms with Gasteiger partial charge in [-0.15, -0.1) is 0 Å². The summed E-state index contributed by atoms with van der Waals surface area (Å²) in [7, 11) is 3.46. The third-order valence-corrected chi connectivity index (χ3v) is 3.12. The fourth-order valence-corrected chi connectivity index (χ4v) is 1.90. The molecule has 1 aromatic carbocycles. The number of rotatable bonds is 6. The van der Waals surface area contributed by atoms with E-state index in [0.717, 1.165) is 24.9 Å². The molecule has 0 aliphatic rings. The van der Waals surface area contributed by atoms with Gasteiger partial charge in [-0.1, -0.05) is 18.5 Å². The van der Waals surface area contributed by atoms with E-state index in [1.807, 2.05) is 11.0 Å². The van der Waals surface area contributed by atoms with Gasteiger partial charge in [0.15, 0.2) is 6.29 Å². The Morgan fingerprint density at radius 1 is 1.37 bits per heavy atom. The molecule has 0 atom stereocenters. The molecule has 1 amide bonds. The van der Waals surface area contributed by atoms with E-state index < -0.39 is 0 Å². The van der Waals surface area contributed by atoms with Crippen LogP contribution in [0, 0.1) is 0 Å². The molecule has 104 valence electrons. The van der Waals surface area contributed by atoms with Gasteiger partial charge in [-0.25, -0.2) is 0 Å². The Labute approximate surface area is 118 Å². The Bertz CT molecular complexity index is 461. The molecule has 0 saturated heterocycles. The summed E-state index contributed by atoms with van der Waals surface area (Å²) < 4.78 is 0. The molecule has 0 spiro atoms. The van der Waals surface area contributed by atoms with Crippen LogP contribution in [0.15, 0.2) is 18.2 Å². The zero-order valence-corrected chi connectivity index (χ0v) is 12.3. The molecule has 19 heavy (non-hydrogen) atoms. The van der Waals surface area contributed by atoms with Crippen LogP contribution in [0.1, 0.15) is 23.7 Å². The average Bonchev–Trinajstić information content (AvgIpc) is 2.37. The van der Waals surface area contributed by atoms with Gasteiger partial charge in [-0.3, -0.25) is 9.59 Å². The second-order valence-electron chi connectivity index (χ2n) is 4.53. The lowest BCUT2D eigenvalue weighted by atomic mass is 10.2. The molecular formula is C14H19ClN2O2. The third kappa shape index (κ3) is 4.24. The van der Waals surface area contributed by atoms with Gasteiger partial charge in [0, 0.05) is 31.9 Å². The highest BCUT2D eigenvalue weighted by Crippen LogP contribution is 2.23. The summed E-state index contributed by atoms with van der Waals surface area (Å²) in [5.41, 5.74) is 1.31. The lowest BCUT2D eigenvalue weighted by molar-refractivity contribution is -0.127. The summed E-state index contributed by atoms with van der Waals surface area (Å²) in [6.07, 6.45) is 1.65. The van der Waals surface area contributed by atoms with Crippen LogP contribution in [0.25, 0.3) is 0 Å². The molecule has 0 heterocycles. The number of carbonyl (C=O) groups is 2. The van der Waals surface area contributed by atoms with Gasteiger partial charge >= 0.3 is 0 Å². The van der Waals surface area contributed by atoms with Crippen molar-refractivity contribution in [3.63, 3.8) is 0 Å². The van der Waals surface area contributed by atoms with Crippen molar-refractivity contribution >= 4 is 29.5 Å². The van der Waals surface area contributed by atoms with Gasteiger partial charge in [0.05, 0.1) is 11.6 Å². The number of anilines is 1. The molecule has 0 N–H and O–H groups in total. The highest BCUT2D eigenvalue weighted by molar-refractivity contribution is 6.33. The average molecular weight is 283 g/mol. The molecule has 5 heteroatoms. The summed E-state index contributed by atoms with van der Waals surface area (Å²) in [4.78, 5) is 26.1. The molecule has 1 aromatic rings. The van der Waals surface area contributed by atoms with E-state index in [1.165, 1.54) is 0 Å². The predicted molar refractivity (Wildman–Crippen MR) is 78.0 cm³/mol. The van der Waals surface area contributed by atoms with Crippen LogP contribution >= 0.6 is 11.6 Å². The standard InChI is InChI=1S/C14H19ClN2O2/c1-4-7-17(9-14(19)16(2)3)12-6-5-11(10-18)13(15)8-12/h5-6,8,10H,4,7,9H2,1-3H3. The number of hydrogen-bond donors (Lipinski definition) is 0. The van der Waals surface area contributed by atoms with E-state index in [1.54, 1.807) is 31.1 Å². The smallest absolute Gasteiger partial charge is 0.241 e. The van der Waals surface area contributed by atoms with Crippen molar-refractivity contribution in [2.45, 2.75) is 13.3 Å². The predicted octanol–water partition coefficient (Wildman–Crippen LogP) is 2.46. The van der Waals surface area contributed by atoms with Crippen molar-refractivity contribution < 1.29 is 9.59 Å². The molecule has 0 aliphatic heterocycles. The lowest BCUT2D eigenvalue weighted by Crippen LogP contribution is -2.37. The van der Waals surface area contributed by atoms with Crippen LogP contribution in [0.3, 0.4) is 0 Å². The first-order chi connectivity index (χ1) is 8.99. The molecule has 4 nitrogen and oxygen atoms in total. The molecule has 0 bridgehead atoms. The largest absolute Gasteiger partial charge is 0.362 e. The Kier molecular flexibility index (Phi) is 5.83. The van der Waals surface area contributed by atoms with E-state index in [-0.39, 0.29) is 5.91 Å². The molecule has 0 saturated carbocycles. The maximum absolute atomic E-state index is 11.8. The van der Waals surface area contributed by atoms with Crippen LogP contribution in [-0.2, 0) is 4.79 Å². The first kappa shape index (κ1) is 15.5. The highest BCUT2D eigenvalue weighted by Gasteiger charge is 2.13. The number of carbonyl (C=O) groups excluding carboxylic acids is 2. The van der Waals surface area contributed by atoms with Crippen LogP contribution < -0.4 is 4.90 Å². The van der Waals surface area contributed by atoms with Crippen molar-refractivity contribution in [1.29, 1.82) is 0 Å². The summed E-state index contributed by atoms with van der Waals surface area (Å²) in [5, 5.41) is 0.408. The molecule has 0 aromatic heterocycles. The second kappa shape index (κ2) is 7.14. The monoisotopic (exact) mass is 282 g/mol. The minimum absolute atomic E-state index is 0.0315. The molecule has 0 unspecified atom stereocenters. The summed E-state index contributed by atoms with van der Waals surface area (Å²) in [6, 6.07) is 5.21. The normalized spacial score (nSPS) is 10.1. The van der Waals surface area contributed by atoms with Gasteiger partial charge in [-0.2, -0.15) is 0 Å². The van der Waals surface area contributed by atoms with E-state index in [9.17, 15) is 9.59 Å². The Hall–Kier alpha value is -1.55. The number of likely N-dealkylation sites (N-methyl/N-ethyl adjacent to an activating group) is 1. The van der Waals surface area contributed by atoms with E-state index in [2.05, 4.69) is 6.92 Å². The molecular weight excluding hydrogens is 264 g/mol. The molecule has 0 fully saturated rings. The number of hydrogen-bond acceptors (Lipinski definition) is 3. The Balaban J connectivity index is 2.95. The summed E-state index contributed by atoms with van der Waals surface area (Å²) in [6.45, 7) is 3.11. The first-order valence-corrected chi connectivity index (χ1v) is 6.57. The number of amides is 1. The zero-order valence-electron chi connectivity index (χ0n) is 11.5. The SMILES string of the molecule is CCCN(CC(=O)N(C)C)c1ccc(C=O)c(Cl)c1. The van der Waals surface area contributed by atoms with Crippen LogP contribution in [0.2, 0.25) is 5.02 Å². The van der Waals surface area contributed by atoms with Gasteiger partial charge in [0.2, 0.25) is 5.91 Å². The van der Waals surface area contributed by atoms with E-state index in [4.69, 9.17) is 11.6 Å². The maximum atomic E-state index is 11.8. The van der Waals surface area contributed by atoms with Crippen LogP contribution in [-0.4, -0.2) is 44.3 Å². The number of benzene rings is 1. The Morgan fingerprint density at radius 3 is 2.53 bits per heavy atom. The lowest BCUT2D eigenvalue weighted by Gasteiger charge is -2.25. The van der Waals surface area contributed by atoms with Crippen molar-refractivity contribution in [2.75, 3.05) is 32.1 Å². The summed E-state index contributed by atoms with van der Waals surface area (Å²) in [5.74, 6) is 0.0315. The highest BCUT2D eigenvalue weighted by atomic mass is 35.5.